The molecule has 1 aliphatic heterocycles. The van der Waals surface area contributed by atoms with Crippen LogP contribution in [0.5, 0.6) is 0 Å². The van der Waals surface area contributed by atoms with E-state index in [2.05, 4.69) is 31.0 Å². The number of aliphatic hydroxyl groups is 1. The van der Waals surface area contributed by atoms with E-state index in [1.165, 1.54) is 58.3 Å². The lowest BCUT2D eigenvalue weighted by molar-refractivity contribution is 0.0604. The number of hydrogen-bond donors (Lipinski definition) is 2. The maximum absolute atomic E-state index is 10.2. The maximum atomic E-state index is 10.2. The van der Waals surface area contributed by atoms with Crippen LogP contribution in [0.3, 0.4) is 0 Å². The van der Waals surface area contributed by atoms with Crippen LogP contribution in [0.4, 0.5) is 0 Å². The third kappa shape index (κ3) is 5.54. The van der Waals surface area contributed by atoms with Crippen LogP contribution in [0.1, 0.15) is 59.3 Å². The minimum Gasteiger partial charge on any atom is -0.393 e. The van der Waals surface area contributed by atoms with Crippen LogP contribution in [0.2, 0.25) is 0 Å². The molecule has 0 bridgehead atoms. The molecule has 0 aromatic rings. The summed E-state index contributed by atoms with van der Waals surface area (Å²) in [7, 11) is 0. The Labute approximate surface area is 131 Å². The molecule has 21 heavy (non-hydrogen) atoms. The molecule has 3 nitrogen and oxygen atoms in total. The highest BCUT2D eigenvalue weighted by Gasteiger charge is 2.29. The molecule has 1 heterocycles. The average Bonchev–Trinajstić information content (AvgIpc) is 2.37. The van der Waals surface area contributed by atoms with Gasteiger partial charge in [0, 0.05) is 19.1 Å². The highest BCUT2D eigenvalue weighted by atomic mass is 16.3. The lowest BCUT2D eigenvalue weighted by atomic mass is 9.84. The molecule has 3 atom stereocenters. The van der Waals surface area contributed by atoms with Crippen LogP contribution in [-0.2, 0) is 0 Å². The van der Waals surface area contributed by atoms with Gasteiger partial charge in [0.1, 0.15) is 0 Å². The van der Waals surface area contributed by atoms with Gasteiger partial charge in [-0.3, -0.25) is 0 Å². The first-order valence-electron chi connectivity index (χ1n) is 9.22. The van der Waals surface area contributed by atoms with Crippen molar-refractivity contribution in [2.24, 2.45) is 17.8 Å². The number of piperidine rings is 1. The van der Waals surface area contributed by atoms with E-state index in [4.69, 9.17) is 0 Å². The Bertz CT molecular complexity index is 291. The molecule has 1 saturated heterocycles. The van der Waals surface area contributed by atoms with Crippen molar-refractivity contribution in [3.05, 3.63) is 0 Å². The lowest BCUT2D eigenvalue weighted by Crippen LogP contribution is -2.51. The molecule has 2 aliphatic rings. The number of nitrogens with one attached hydrogen (secondary N) is 1. The van der Waals surface area contributed by atoms with Crippen molar-refractivity contribution in [2.75, 3.05) is 26.2 Å². The Morgan fingerprint density at radius 2 is 1.95 bits per heavy atom. The van der Waals surface area contributed by atoms with Gasteiger partial charge in [0.2, 0.25) is 0 Å². The summed E-state index contributed by atoms with van der Waals surface area (Å²) in [4.78, 5) is 2.61. The van der Waals surface area contributed by atoms with Crippen LogP contribution in [-0.4, -0.2) is 48.3 Å². The first-order valence-corrected chi connectivity index (χ1v) is 9.22. The van der Waals surface area contributed by atoms with E-state index in [-0.39, 0.29) is 6.10 Å². The predicted molar refractivity (Wildman–Crippen MR) is 89.4 cm³/mol. The van der Waals surface area contributed by atoms with Gasteiger partial charge in [-0.1, -0.05) is 27.2 Å². The van der Waals surface area contributed by atoms with Crippen molar-refractivity contribution in [3.63, 3.8) is 0 Å². The highest BCUT2D eigenvalue weighted by Crippen LogP contribution is 2.27. The fourth-order valence-corrected chi connectivity index (χ4v) is 3.76. The zero-order valence-electron chi connectivity index (χ0n) is 14.4. The van der Waals surface area contributed by atoms with Crippen molar-refractivity contribution >= 4 is 0 Å². The van der Waals surface area contributed by atoms with Crippen molar-refractivity contribution in [1.82, 2.24) is 10.2 Å². The Hall–Kier alpha value is -0.120. The van der Waals surface area contributed by atoms with Gasteiger partial charge < -0.3 is 15.3 Å². The minimum absolute atomic E-state index is 0.135. The summed E-state index contributed by atoms with van der Waals surface area (Å²) in [5.41, 5.74) is 0. The average molecular weight is 296 g/mol. The maximum Gasteiger partial charge on any atom is 0.0566 e. The van der Waals surface area contributed by atoms with Crippen LogP contribution >= 0.6 is 0 Å². The summed E-state index contributed by atoms with van der Waals surface area (Å²) in [6, 6.07) is 0.635. The van der Waals surface area contributed by atoms with Gasteiger partial charge >= 0.3 is 0 Å². The summed E-state index contributed by atoms with van der Waals surface area (Å²) in [5.74, 6) is 1.97. The molecule has 0 amide bonds. The standard InChI is InChI=1S/C18H36N2O/c1-4-8-20-12-16(10-18(21)14(2)3)9-17(13-20)19-11-15-6-5-7-15/h14-19,21H,4-13H2,1-3H3. The number of aliphatic hydroxyl groups excluding tert-OH is 1. The number of hydrogen-bond acceptors (Lipinski definition) is 3. The van der Waals surface area contributed by atoms with Crippen molar-refractivity contribution < 1.29 is 5.11 Å². The molecule has 2 N–H and O–H groups in total. The molecule has 1 aliphatic carbocycles. The van der Waals surface area contributed by atoms with Gasteiger partial charge in [-0.25, -0.2) is 0 Å². The van der Waals surface area contributed by atoms with Gasteiger partial charge in [-0.15, -0.1) is 0 Å². The molecular weight excluding hydrogens is 260 g/mol. The quantitative estimate of drug-likeness (QED) is 0.723. The molecule has 0 spiro atoms. The van der Waals surface area contributed by atoms with Crippen LogP contribution < -0.4 is 5.32 Å². The second-order valence-electron chi connectivity index (χ2n) is 7.81. The number of rotatable bonds is 8. The summed E-state index contributed by atoms with van der Waals surface area (Å²) in [6.45, 7) is 11.3. The van der Waals surface area contributed by atoms with Gasteiger partial charge in [0.25, 0.3) is 0 Å². The van der Waals surface area contributed by atoms with Crippen molar-refractivity contribution in [2.45, 2.75) is 71.4 Å². The Morgan fingerprint density at radius 1 is 1.19 bits per heavy atom. The fourth-order valence-electron chi connectivity index (χ4n) is 3.76. The Morgan fingerprint density at radius 3 is 2.52 bits per heavy atom. The normalized spacial score (nSPS) is 29.6. The SMILES string of the molecule is CCCN1CC(CC(O)C(C)C)CC(NCC2CCC2)C1. The molecule has 2 rings (SSSR count). The fraction of sp³-hybridized carbons (Fsp3) is 1.00. The summed E-state index contributed by atoms with van der Waals surface area (Å²) in [5, 5.41) is 14.0. The zero-order chi connectivity index (χ0) is 15.2. The predicted octanol–water partition coefficient (Wildman–Crippen LogP) is 2.88. The minimum atomic E-state index is -0.135. The summed E-state index contributed by atoms with van der Waals surface area (Å²) in [6.07, 6.45) is 7.60. The second kappa shape index (κ2) is 8.50. The summed E-state index contributed by atoms with van der Waals surface area (Å²) >= 11 is 0. The molecule has 124 valence electrons. The third-order valence-corrected chi connectivity index (χ3v) is 5.42. The van der Waals surface area contributed by atoms with Crippen LogP contribution in [0.15, 0.2) is 0 Å². The van der Waals surface area contributed by atoms with Crippen molar-refractivity contribution in [3.8, 4) is 0 Å². The van der Waals surface area contributed by atoms with E-state index in [0.29, 0.717) is 17.9 Å². The van der Waals surface area contributed by atoms with E-state index in [1.807, 2.05) is 0 Å². The number of nitrogens with zero attached hydrogens (tertiary/aromatic N) is 1. The highest BCUT2D eigenvalue weighted by molar-refractivity contribution is 4.86. The third-order valence-electron chi connectivity index (χ3n) is 5.42. The van der Waals surface area contributed by atoms with E-state index in [0.717, 1.165) is 12.3 Å². The molecule has 2 fully saturated rings. The van der Waals surface area contributed by atoms with Gasteiger partial charge in [0.05, 0.1) is 6.10 Å². The van der Waals surface area contributed by atoms with Crippen LogP contribution in [0.25, 0.3) is 0 Å². The largest absolute Gasteiger partial charge is 0.393 e. The van der Waals surface area contributed by atoms with Gasteiger partial charge in [0.15, 0.2) is 0 Å². The molecule has 1 saturated carbocycles. The molecule has 3 unspecified atom stereocenters. The van der Waals surface area contributed by atoms with E-state index >= 15 is 0 Å². The molecule has 3 heteroatoms. The second-order valence-corrected chi connectivity index (χ2v) is 7.81. The van der Waals surface area contributed by atoms with Crippen LogP contribution in [0, 0.1) is 17.8 Å². The molecule has 0 aromatic heterocycles. The van der Waals surface area contributed by atoms with Crippen molar-refractivity contribution in [1.29, 1.82) is 0 Å². The van der Waals surface area contributed by atoms with Gasteiger partial charge in [-0.2, -0.15) is 0 Å². The molecular formula is C18H36N2O. The first-order chi connectivity index (χ1) is 10.1. The Balaban J connectivity index is 1.81. The topological polar surface area (TPSA) is 35.5 Å². The smallest absolute Gasteiger partial charge is 0.0566 e. The molecule has 0 aromatic carbocycles. The number of likely N-dealkylation sites (tertiary alicyclic amines) is 1. The van der Waals surface area contributed by atoms with E-state index < -0.39 is 0 Å². The molecule has 0 radical (unpaired) electrons. The van der Waals surface area contributed by atoms with E-state index in [1.54, 1.807) is 0 Å². The zero-order valence-corrected chi connectivity index (χ0v) is 14.4. The first kappa shape index (κ1) is 17.2. The van der Waals surface area contributed by atoms with Gasteiger partial charge in [-0.05, 0) is 62.9 Å². The summed E-state index contributed by atoms with van der Waals surface area (Å²) < 4.78 is 0. The lowest BCUT2D eigenvalue weighted by Gasteiger charge is -2.40. The Kier molecular flexibility index (Phi) is 6.97. The monoisotopic (exact) mass is 296 g/mol. The van der Waals surface area contributed by atoms with E-state index in [9.17, 15) is 5.11 Å².